The lowest BCUT2D eigenvalue weighted by atomic mass is 9.92. The van der Waals surface area contributed by atoms with E-state index in [2.05, 4.69) is 10.4 Å². The third-order valence-electron chi connectivity index (χ3n) is 5.54. The average molecular weight is 468 g/mol. The van der Waals surface area contributed by atoms with E-state index in [9.17, 15) is 22.7 Å². The van der Waals surface area contributed by atoms with Gasteiger partial charge in [-0.3, -0.25) is 9.58 Å². The van der Waals surface area contributed by atoms with Crippen molar-refractivity contribution in [3.8, 4) is 0 Å². The molecule has 0 bridgehead atoms. The van der Waals surface area contributed by atoms with Gasteiger partial charge in [-0.2, -0.15) is 13.5 Å². The lowest BCUT2D eigenvalue weighted by Gasteiger charge is -2.34. The van der Waals surface area contributed by atoms with Crippen molar-refractivity contribution in [2.24, 2.45) is 7.05 Å². The highest BCUT2D eigenvalue weighted by molar-refractivity contribution is 7.90. The number of rotatable bonds is 7. The summed E-state index contributed by atoms with van der Waals surface area (Å²) >= 11 is 0. The van der Waals surface area contributed by atoms with E-state index in [0.29, 0.717) is 35.6 Å². The number of aliphatic hydroxyl groups excluding tert-OH is 1. The molecule has 11 heteroatoms. The molecule has 1 aliphatic heterocycles. The Bertz CT molecular complexity index is 1080. The number of likely N-dealkylation sites (tertiary alicyclic amines) is 1. The predicted molar refractivity (Wildman–Crippen MR) is 118 cm³/mol. The zero-order valence-electron chi connectivity index (χ0n) is 18.9. The molecule has 0 aliphatic carbocycles. The van der Waals surface area contributed by atoms with Gasteiger partial charge in [0.1, 0.15) is 12.0 Å². The molecule has 2 amide bonds. The van der Waals surface area contributed by atoms with E-state index >= 15 is 0 Å². The molecule has 1 fully saturated rings. The van der Waals surface area contributed by atoms with Crippen LogP contribution in [0.25, 0.3) is 0 Å². The number of aromatic nitrogens is 2. The predicted octanol–water partition coefficient (Wildman–Crippen LogP) is 3.01. The van der Waals surface area contributed by atoms with Gasteiger partial charge in [0, 0.05) is 31.9 Å². The number of aryl methyl sites for hydroxylation is 1. The Morgan fingerprint density at radius 1 is 1.12 bits per heavy atom. The van der Waals surface area contributed by atoms with E-state index in [0.717, 1.165) is 6.42 Å². The van der Waals surface area contributed by atoms with Crippen LogP contribution in [-0.2, 0) is 17.1 Å². The number of aliphatic hydroxyl groups is 1. The monoisotopic (exact) mass is 467 g/mol. The molecule has 0 spiro atoms. The molecule has 32 heavy (non-hydrogen) atoms. The standard InChI is InChI=1S/C21H30FN5O4S/c1-12(2)15-9-14(22)10-16(13(3)4)19(15)23-21(29)25-32(30,31)18-11-17(26(5)24-18)20(28)27-7-6-8-27/h9-13,20,28H,6-8H2,1-5H3,(H2,23,25,29). The van der Waals surface area contributed by atoms with E-state index in [4.69, 9.17) is 0 Å². The van der Waals surface area contributed by atoms with Crippen molar-refractivity contribution in [3.63, 3.8) is 0 Å². The fraction of sp³-hybridized carbons (Fsp3) is 0.524. The second kappa shape index (κ2) is 9.16. The summed E-state index contributed by atoms with van der Waals surface area (Å²) in [7, 11) is -2.77. The van der Waals surface area contributed by atoms with Gasteiger partial charge in [0.2, 0.25) is 0 Å². The summed E-state index contributed by atoms with van der Waals surface area (Å²) in [5, 5.41) is 16.6. The number of carbonyl (C=O) groups is 1. The highest BCUT2D eigenvalue weighted by Crippen LogP contribution is 2.33. The lowest BCUT2D eigenvalue weighted by Crippen LogP contribution is -2.40. The second-order valence-electron chi connectivity index (χ2n) is 8.62. The van der Waals surface area contributed by atoms with E-state index in [1.807, 2.05) is 32.4 Å². The lowest BCUT2D eigenvalue weighted by molar-refractivity contribution is -0.0415. The molecular weight excluding hydrogens is 437 g/mol. The van der Waals surface area contributed by atoms with E-state index in [-0.39, 0.29) is 16.9 Å². The molecule has 2 heterocycles. The van der Waals surface area contributed by atoms with Crippen molar-refractivity contribution in [2.75, 3.05) is 18.4 Å². The number of amides is 2. The van der Waals surface area contributed by atoms with Crippen molar-refractivity contribution in [1.82, 2.24) is 19.4 Å². The number of nitrogens with zero attached hydrogens (tertiary/aromatic N) is 3. The molecule has 1 atom stereocenters. The molecule has 3 N–H and O–H groups in total. The first-order chi connectivity index (χ1) is 14.9. The van der Waals surface area contributed by atoms with Crippen LogP contribution in [0.3, 0.4) is 0 Å². The maximum atomic E-state index is 14.1. The van der Waals surface area contributed by atoms with Gasteiger partial charge in [-0.05, 0) is 41.5 Å². The summed E-state index contributed by atoms with van der Waals surface area (Å²) < 4.78 is 42.9. The quantitative estimate of drug-likeness (QED) is 0.576. The minimum Gasteiger partial charge on any atom is -0.372 e. The Balaban J connectivity index is 1.84. The van der Waals surface area contributed by atoms with Crippen LogP contribution in [0.5, 0.6) is 0 Å². The average Bonchev–Trinajstić information content (AvgIpc) is 3.03. The topological polar surface area (TPSA) is 117 Å². The van der Waals surface area contributed by atoms with Crippen molar-refractivity contribution < 1.29 is 22.7 Å². The SMILES string of the molecule is CC(C)c1cc(F)cc(C(C)C)c1NC(=O)NS(=O)(=O)c1cc(C(O)N2CCC2)n(C)n1. The Morgan fingerprint density at radius 3 is 2.16 bits per heavy atom. The highest BCUT2D eigenvalue weighted by atomic mass is 32.2. The van der Waals surface area contributed by atoms with Gasteiger partial charge in [0.25, 0.3) is 10.0 Å². The zero-order chi connectivity index (χ0) is 23.8. The number of hydrogen-bond donors (Lipinski definition) is 3. The van der Waals surface area contributed by atoms with Crippen LogP contribution in [0.1, 0.15) is 69.0 Å². The number of hydrogen-bond acceptors (Lipinski definition) is 6. The molecule has 1 aliphatic rings. The third-order valence-corrected chi connectivity index (χ3v) is 6.75. The van der Waals surface area contributed by atoms with Crippen LogP contribution in [0.2, 0.25) is 0 Å². The number of urea groups is 1. The summed E-state index contributed by atoms with van der Waals surface area (Å²) in [5.41, 5.74) is 1.84. The molecule has 0 saturated carbocycles. The van der Waals surface area contributed by atoms with Gasteiger partial charge < -0.3 is 10.4 Å². The zero-order valence-corrected chi connectivity index (χ0v) is 19.7. The minimum absolute atomic E-state index is 0.101. The molecule has 0 radical (unpaired) electrons. The van der Waals surface area contributed by atoms with Crippen molar-refractivity contribution in [3.05, 3.63) is 40.8 Å². The van der Waals surface area contributed by atoms with Gasteiger partial charge in [0.15, 0.2) is 5.03 Å². The Hall–Kier alpha value is -2.50. The third kappa shape index (κ3) is 4.94. The molecule has 176 valence electrons. The van der Waals surface area contributed by atoms with E-state index < -0.39 is 28.1 Å². The van der Waals surface area contributed by atoms with Gasteiger partial charge in [-0.1, -0.05) is 27.7 Å². The number of carbonyl (C=O) groups excluding carboxylic acids is 1. The molecule has 3 rings (SSSR count). The molecule has 1 aromatic carbocycles. The first-order valence-electron chi connectivity index (χ1n) is 10.5. The Kier molecular flexibility index (Phi) is 6.91. The maximum Gasteiger partial charge on any atom is 0.333 e. The van der Waals surface area contributed by atoms with Crippen LogP contribution < -0.4 is 10.0 Å². The van der Waals surface area contributed by atoms with Crippen molar-refractivity contribution >= 4 is 21.7 Å². The molecule has 9 nitrogen and oxygen atoms in total. The molecule has 1 unspecified atom stereocenters. The fourth-order valence-corrected chi connectivity index (χ4v) is 4.52. The number of nitrogens with one attached hydrogen (secondary N) is 2. The van der Waals surface area contributed by atoms with Crippen molar-refractivity contribution in [1.29, 1.82) is 0 Å². The Morgan fingerprint density at radius 2 is 1.69 bits per heavy atom. The smallest absolute Gasteiger partial charge is 0.333 e. The number of sulfonamides is 1. The molecular formula is C21H30FN5O4S. The largest absolute Gasteiger partial charge is 0.372 e. The van der Waals surface area contributed by atoms with Crippen LogP contribution >= 0.6 is 0 Å². The van der Waals surface area contributed by atoms with Crippen molar-refractivity contribution in [2.45, 2.75) is 57.2 Å². The molecule has 1 aromatic heterocycles. The van der Waals surface area contributed by atoms with E-state index in [1.165, 1.54) is 29.9 Å². The van der Waals surface area contributed by atoms with Gasteiger partial charge in [-0.25, -0.2) is 13.9 Å². The van der Waals surface area contributed by atoms with Crippen LogP contribution in [0.4, 0.5) is 14.9 Å². The molecule has 2 aromatic rings. The maximum absolute atomic E-state index is 14.1. The van der Waals surface area contributed by atoms with E-state index in [1.54, 1.807) is 4.90 Å². The molecule has 1 saturated heterocycles. The van der Waals surface area contributed by atoms with Crippen LogP contribution in [0.15, 0.2) is 23.2 Å². The van der Waals surface area contributed by atoms with Gasteiger partial charge in [0.05, 0.1) is 5.69 Å². The summed E-state index contributed by atoms with van der Waals surface area (Å²) in [4.78, 5) is 14.4. The summed E-state index contributed by atoms with van der Waals surface area (Å²) in [6.07, 6.45) is -0.0116. The van der Waals surface area contributed by atoms with Gasteiger partial charge >= 0.3 is 6.03 Å². The number of halogens is 1. The van der Waals surface area contributed by atoms with Crippen LogP contribution in [0, 0.1) is 5.82 Å². The fourth-order valence-electron chi connectivity index (χ4n) is 3.62. The summed E-state index contributed by atoms with van der Waals surface area (Å²) in [6.45, 7) is 8.86. The highest BCUT2D eigenvalue weighted by Gasteiger charge is 2.30. The number of anilines is 1. The first kappa shape index (κ1) is 24.1. The second-order valence-corrected chi connectivity index (χ2v) is 10.3. The first-order valence-corrected chi connectivity index (χ1v) is 12.0. The minimum atomic E-state index is -4.30. The van der Waals surface area contributed by atoms with Gasteiger partial charge in [-0.15, -0.1) is 0 Å². The Labute approximate surface area is 187 Å². The number of benzene rings is 1. The summed E-state index contributed by atoms with van der Waals surface area (Å²) in [5.74, 6) is -0.620. The van der Waals surface area contributed by atoms with Crippen LogP contribution in [-0.4, -0.2) is 47.3 Å². The summed E-state index contributed by atoms with van der Waals surface area (Å²) in [6, 6.07) is 2.94. The normalized spacial score (nSPS) is 15.7.